The zero-order chi connectivity index (χ0) is 21.1. The quantitative estimate of drug-likeness (QED) is 0.324. The second kappa shape index (κ2) is 8.50. The van der Waals surface area contributed by atoms with Crippen LogP contribution in [0.1, 0.15) is 5.56 Å². The van der Waals surface area contributed by atoms with Crippen LogP contribution in [-0.4, -0.2) is 14.7 Å². The van der Waals surface area contributed by atoms with Crippen LogP contribution < -0.4 is 0 Å². The molecule has 0 aliphatic carbocycles. The molecule has 4 aromatic carbocycles. The monoisotopic (exact) mass is 430 g/mol. The maximum Gasteiger partial charge on any atom is 0.206 e. The van der Waals surface area contributed by atoms with Crippen molar-refractivity contribution in [1.29, 1.82) is 0 Å². The topological polar surface area (TPSA) is 34.1 Å². The van der Waals surface area contributed by atoms with Gasteiger partial charge >= 0.3 is 0 Å². The Labute approximate surface area is 182 Å². The van der Waals surface area contributed by atoms with Crippen LogP contribution in [0.2, 0.25) is 0 Å². The van der Waals surface area contributed by atoms with Gasteiger partial charge in [0.1, 0.15) is 0 Å². The van der Waals surface area contributed by atoms with E-state index in [-0.39, 0.29) is 0 Å². The summed E-state index contributed by atoms with van der Waals surface area (Å²) in [5.74, 6) is 0. The molecule has 4 rings (SSSR count). The molecular formula is C26H22O2S2. The molecule has 4 heteroatoms. The summed E-state index contributed by atoms with van der Waals surface area (Å²) in [6.07, 6.45) is 2.04. The molecule has 0 N–H and O–H groups in total. The summed E-state index contributed by atoms with van der Waals surface area (Å²) in [7, 11) is -3.57. The van der Waals surface area contributed by atoms with Gasteiger partial charge in [0.25, 0.3) is 0 Å². The van der Waals surface area contributed by atoms with E-state index in [2.05, 4.69) is 25.1 Å². The van der Waals surface area contributed by atoms with E-state index in [0.717, 1.165) is 27.8 Å². The van der Waals surface area contributed by atoms with E-state index >= 15 is 0 Å². The van der Waals surface area contributed by atoms with Crippen molar-refractivity contribution in [2.75, 3.05) is 6.26 Å². The van der Waals surface area contributed by atoms with Gasteiger partial charge in [0.05, 0.1) is 9.79 Å². The van der Waals surface area contributed by atoms with Crippen LogP contribution in [0.4, 0.5) is 0 Å². The second-order valence-corrected chi connectivity index (χ2v) is 9.87. The highest BCUT2D eigenvalue weighted by molar-refractivity contribution is 7.98. The molecule has 0 bridgehead atoms. The van der Waals surface area contributed by atoms with Crippen molar-refractivity contribution in [2.45, 2.75) is 21.6 Å². The van der Waals surface area contributed by atoms with Crippen LogP contribution in [0, 0.1) is 6.92 Å². The molecule has 30 heavy (non-hydrogen) atoms. The van der Waals surface area contributed by atoms with E-state index < -0.39 is 9.84 Å². The van der Waals surface area contributed by atoms with E-state index in [9.17, 15) is 8.42 Å². The number of sulfone groups is 1. The van der Waals surface area contributed by atoms with Gasteiger partial charge in [-0.1, -0.05) is 66.7 Å². The highest BCUT2D eigenvalue weighted by atomic mass is 32.2. The lowest BCUT2D eigenvalue weighted by Crippen LogP contribution is -2.02. The van der Waals surface area contributed by atoms with Crippen molar-refractivity contribution in [3.63, 3.8) is 0 Å². The molecule has 150 valence electrons. The van der Waals surface area contributed by atoms with Crippen LogP contribution in [0.25, 0.3) is 22.3 Å². The molecule has 0 spiro atoms. The fourth-order valence-electron chi connectivity index (χ4n) is 3.54. The summed E-state index contributed by atoms with van der Waals surface area (Å²) in [6.45, 7) is 2.05. The average molecular weight is 431 g/mol. The van der Waals surface area contributed by atoms with Crippen LogP contribution >= 0.6 is 11.8 Å². The van der Waals surface area contributed by atoms with Gasteiger partial charge in [-0.05, 0) is 71.3 Å². The third-order valence-electron chi connectivity index (χ3n) is 5.20. The summed E-state index contributed by atoms with van der Waals surface area (Å²) in [5.41, 5.74) is 5.40. The van der Waals surface area contributed by atoms with Crippen molar-refractivity contribution in [1.82, 2.24) is 0 Å². The first-order valence-corrected chi connectivity index (χ1v) is 12.4. The standard InChI is InChI=1S/C26H22O2S2/c1-19-7-3-4-8-24(19)20-11-15-22(16-12-20)30(27,28)23-17-13-21(14-18-23)25-9-5-6-10-26(25)29-2/h3-18H,1-2H3. The van der Waals surface area contributed by atoms with E-state index in [0.29, 0.717) is 9.79 Å². The van der Waals surface area contributed by atoms with Crippen LogP contribution in [0.5, 0.6) is 0 Å². The Balaban J connectivity index is 1.65. The largest absolute Gasteiger partial charge is 0.219 e. The van der Waals surface area contributed by atoms with Gasteiger partial charge in [-0.15, -0.1) is 11.8 Å². The number of hydrogen-bond acceptors (Lipinski definition) is 3. The summed E-state index contributed by atoms with van der Waals surface area (Å²) >= 11 is 1.68. The number of aryl methyl sites for hydroxylation is 1. The zero-order valence-electron chi connectivity index (χ0n) is 16.9. The molecule has 2 nitrogen and oxygen atoms in total. The van der Waals surface area contributed by atoms with E-state index in [1.165, 1.54) is 4.90 Å². The lowest BCUT2D eigenvalue weighted by atomic mass is 10.0. The first-order chi connectivity index (χ1) is 14.5. The fourth-order valence-corrected chi connectivity index (χ4v) is 5.42. The predicted molar refractivity (Wildman–Crippen MR) is 126 cm³/mol. The normalized spacial score (nSPS) is 11.4. The Morgan fingerprint density at radius 3 is 1.60 bits per heavy atom. The van der Waals surface area contributed by atoms with Crippen LogP contribution in [0.3, 0.4) is 0 Å². The number of rotatable bonds is 5. The molecule has 4 aromatic rings. The van der Waals surface area contributed by atoms with Crippen molar-refractivity contribution in [2.24, 2.45) is 0 Å². The first kappa shape index (κ1) is 20.5. The fraction of sp³-hybridized carbons (Fsp3) is 0.0769. The van der Waals surface area contributed by atoms with Gasteiger partial charge in [-0.25, -0.2) is 8.42 Å². The van der Waals surface area contributed by atoms with Gasteiger partial charge in [0.2, 0.25) is 9.84 Å². The van der Waals surface area contributed by atoms with Gasteiger partial charge in [-0.3, -0.25) is 0 Å². The van der Waals surface area contributed by atoms with Crippen molar-refractivity contribution >= 4 is 21.6 Å². The van der Waals surface area contributed by atoms with E-state index in [1.807, 2.05) is 60.9 Å². The number of hydrogen-bond donors (Lipinski definition) is 0. The van der Waals surface area contributed by atoms with Crippen molar-refractivity contribution in [3.8, 4) is 22.3 Å². The van der Waals surface area contributed by atoms with Crippen LogP contribution in [-0.2, 0) is 9.84 Å². The van der Waals surface area contributed by atoms with Gasteiger partial charge in [-0.2, -0.15) is 0 Å². The minimum Gasteiger partial charge on any atom is -0.219 e. The third kappa shape index (κ3) is 3.93. The molecule has 0 aliphatic heterocycles. The van der Waals surface area contributed by atoms with E-state index in [1.54, 1.807) is 36.0 Å². The molecule has 0 heterocycles. The molecular weight excluding hydrogens is 408 g/mol. The molecule has 0 aromatic heterocycles. The number of thioether (sulfide) groups is 1. The maximum absolute atomic E-state index is 13.1. The van der Waals surface area contributed by atoms with E-state index in [4.69, 9.17) is 0 Å². The van der Waals surface area contributed by atoms with Crippen LogP contribution in [0.15, 0.2) is 112 Å². The lowest BCUT2D eigenvalue weighted by molar-refractivity contribution is 0.596. The molecule has 0 aliphatic rings. The third-order valence-corrected chi connectivity index (χ3v) is 7.78. The minimum atomic E-state index is -3.57. The summed E-state index contributed by atoms with van der Waals surface area (Å²) in [5, 5.41) is 0. The SMILES string of the molecule is CSc1ccccc1-c1ccc(S(=O)(=O)c2ccc(-c3ccccc3C)cc2)cc1. The molecule has 0 amide bonds. The molecule has 0 radical (unpaired) electrons. The maximum atomic E-state index is 13.1. The molecule has 0 saturated carbocycles. The second-order valence-electron chi connectivity index (χ2n) is 7.07. The lowest BCUT2D eigenvalue weighted by Gasteiger charge is -2.10. The Hall–Kier alpha value is -2.82. The zero-order valence-corrected chi connectivity index (χ0v) is 18.5. The molecule has 0 unspecified atom stereocenters. The summed E-state index contributed by atoms with van der Waals surface area (Å²) < 4.78 is 26.2. The smallest absolute Gasteiger partial charge is 0.206 e. The summed E-state index contributed by atoms with van der Waals surface area (Å²) in [6, 6.07) is 30.5. The van der Waals surface area contributed by atoms with Crippen molar-refractivity contribution in [3.05, 3.63) is 103 Å². The van der Waals surface area contributed by atoms with Crippen molar-refractivity contribution < 1.29 is 8.42 Å². The molecule has 0 atom stereocenters. The Kier molecular flexibility index (Phi) is 5.80. The Morgan fingerprint density at radius 2 is 1.07 bits per heavy atom. The number of benzene rings is 4. The van der Waals surface area contributed by atoms with Gasteiger partial charge < -0.3 is 0 Å². The van der Waals surface area contributed by atoms with Gasteiger partial charge in [0, 0.05) is 4.90 Å². The Morgan fingerprint density at radius 1 is 0.600 bits per heavy atom. The van der Waals surface area contributed by atoms with Gasteiger partial charge in [0.15, 0.2) is 0 Å². The summed E-state index contributed by atoms with van der Waals surface area (Å²) in [4.78, 5) is 1.77. The first-order valence-electron chi connectivity index (χ1n) is 9.65. The predicted octanol–water partition coefficient (Wildman–Crippen LogP) is 6.88. The molecule has 0 saturated heterocycles. The molecule has 0 fully saturated rings. The highest BCUT2D eigenvalue weighted by Crippen LogP contribution is 2.32. The average Bonchev–Trinajstić information content (AvgIpc) is 2.79. The highest BCUT2D eigenvalue weighted by Gasteiger charge is 2.18. The minimum absolute atomic E-state index is 0.302. The Bertz CT molecular complexity index is 1270.